The third-order valence-electron chi connectivity index (χ3n) is 5.05. The van der Waals surface area contributed by atoms with Crippen molar-refractivity contribution in [2.24, 2.45) is 5.73 Å². The van der Waals surface area contributed by atoms with Crippen LogP contribution in [0.4, 0.5) is 5.69 Å². The number of carbonyl (C=O) groups is 1. The monoisotopic (exact) mass is 420 g/mol. The molecule has 1 aromatic heterocycles. The number of aromatic nitrogens is 2. The van der Waals surface area contributed by atoms with Gasteiger partial charge in [0, 0.05) is 12.1 Å². The number of nitro benzene ring substituents is 1. The van der Waals surface area contributed by atoms with Crippen molar-refractivity contribution in [2.75, 3.05) is 6.61 Å². The number of rotatable bonds is 5. The smallest absolute Gasteiger partial charge is 0.340 e. The van der Waals surface area contributed by atoms with Crippen LogP contribution in [0.1, 0.15) is 29.7 Å². The summed E-state index contributed by atoms with van der Waals surface area (Å²) < 4.78 is 12.7. The molecule has 0 unspecified atom stereocenters. The molecule has 2 heterocycles. The number of nitro groups is 1. The Morgan fingerprint density at radius 3 is 2.52 bits per heavy atom. The maximum Gasteiger partial charge on any atom is 0.340 e. The molecule has 9 nitrogen and oxygen atoms in total. The maximum absolute atomic E-state index is 12.8. The molecule has 0 fully saturated rings. The average molecular weight is 420 g/mol. The van der Waals surface area contributed by atoms with E-state index in [1.165, 1.54) is 12.1 Å². The number of ether oxygens (including phenoxy) is 2. The normalized spacial score (nSPS) is 15.2. The predicted octanol–water partition coefficient (Wildman–Crippen LogP) is 3.35. The van der Waals surface area contributed by atoms with Gasteiger partial charge in [0.25, 0.3) is 5.69 Å². The van der Waals surface area contributed by atoms with Crippen LogP contribution in [0.3, 0.4) is 0 Å². The first-order valence-corrected chi connectivity index (χ1v) is 9.66. The minimum atomic E-state index is -0.652. The van der Waals surface area contributed by atoms with Crippen LogP contribution in [0, 0.1) is 17.0 Å². The SMILES string of the molecule is CCOC(=O)C1=C(N)Oc2c(c(C)nn2-c2ccccc2)[C@@H]1c1ccc([N+](=O)[O-])cc1. The number of carbonyl (C=O) groups excluding carboxylic acids is 1. The summed E-state index contributed by atoms with van der Waals surface area (Å²) >= 11 is 0. The molecule has 9 heteroatoms. The van der Waals surface area contributed by atoms with Gasteiger partial charge >= 0.3 is 5.97 Å². The van der Waals surface area contributed by atoms with Gasteiger partial charge < -0.3 is 15.2 Å². The summed E-state index contributed by atoms with van der Waals surface area (Å²) in [5.74, 6) is -0.967. The van der Waals surface area contributed by atoms with Crippen LogP contribution < -0.4 is 10.5 Å². The highest BCUT2D eigenvalue weighted by molar-refractivity contribution is 5.92. The molecule has 0 saturated carbocycles. The van der Waals surface area contributed by atoms with E-state index < -0.39 is 16.8 Å². The van der Waals surface area contributed by atoms with E-state index in [-0.39, 0.29) is 23.8 Å². The highest BCUT2D eigenvalue weighted by atomic mass is 16.6. The molecular weight excluding hydrogens is 400 g/mol. The molecule has 31 heavy (non-hydrogen) atoms. The number of nitrogens with zero attached hydrogens (tertiary/aromatic N) is 3. The first-order valence-electron chi connectivity index (χ1n) is 9.66. The van der Waals surface area contributed by atoms with E-state index in [0.717, 1.165) is 5.69 Å². The molecule has 1 aliphatic rings. The van der Waals surface area contributed by atoms with Crippen LogP contribution in [-0.2, 0) is 9.53 Å². The number of aryl methyl sites for hydroxylation is 1. The fourth-order valence-electron chi connectivity index (χ4n) is 3.69. The van der Waals surface area contributed by atoms with Crippen LogP contribution in [0.25, 0.3) is 5.69 Å². The third-order valence-corrected chi connectivity index (χ3v) is 5.05. The van der Waals surface area contributed by atoms with E-state index in [1.807, 2.05) is 37.3 Å². The van der Waals surface area contributed by atoms with Crippen LogP contribution in [0.5, 0.6) is 5.88 Å². The summed E-state index contributed by atoms with van der Waals surface area (Å²) in [6, 6.07) is 15.4. The lowest BCUT2D eigenvalue weighted by Crippen LogP contribution is -2.28. The second-order valence-electron chi connectivity index (χ2n) is 6.93. The quantitative estimate of drug-likeness (QED) is 0.381. The molecule has 0 amide bonds. The van der Waals surface area contributed by atoms with Gasteiger partial charge in [-0.1, -0.05) is 30.3 Å². The highest BCUT2D eigenvalue weighted by Crippen LogP contribution is 2.45. The predicted molar refractivity (Wildman–Crippen MR) is 112 cm³/mol. The van der Waals surface area contributed by atoms with Gasteiger partial charge in [-0.05, 0) is 31.5 Å². The molecule has 0 spiro atoms. The number of nitrogens with two attached hydrogens (primary N) is 1. The van der Waals surface area contributed by atoms with Crippen molar-refractivity contribution in [3.8, 4) is 11.6 Å². The Morgan fingerprint density at radius 1 is 1.23 bits per heavy atom. The molecule has 1 aliphatic heterocycles. The molecule has 1 atom stereocenters. The van der Waals surface area contributed by atoms with Gasteiger partial charge in [0.2, 0.25) is 11.8 Å². The van der Waals surface area contributed by atoms with E-state index >= 15 is 0 Å². The Hall–Kier alpha value is -4.14. The van der Waals surface area contributed by atoms with Gasteiger partial charge in [0.15, 0.2) is 0 Å². The summed E-state index contributed by atoms with van der Waals surface area (Å²) in [4.78, 5) is 23.4. The zero-order chi connectivity index (χ0) is 22.1. The Labute approximate surface area is 177 Å². The lowest BCUT2D eigenvalue weighted by molar-refractivity contribution is -0.384. The molecule has 0 bridgehead atoms. The average Bonchev–Trinajstić information content (AvgIpc) is 3.09. The second kappa shape index (κ2) is 7.94. The number of hydrogen-bond donors (Lipinski definition) is 1. The molecule has 0 aliphatic carbocycles. The van der Waals surface area contributed by atoms with Gasteiger partial charge in [-0.3, -0.25) is 10.1 Å². The standard InChI is InChI=1S/C22H20N4O5/c1-3-30-22(27)19-18(14-9-11-16(12-10-14)26(28)29)17-13(2)24-25(21(17)31-20(19)23)15-7-5-4-6-8-15/h4-12,18H,3,23H2,1-2H3/t18-/m0/s1. The number of benzene rings is 2. The zero-order valence-electron chi connectivity index (χ0n) is 16.9. The van der Waals surface area contributed by atoms with Crippen LogP contribution >= 0.6 is 0 Å². The Bertz CT molecular complexity index is 1180. The number of hydrogen-bond acceptors (Lipinski definition) is 7. The first kappa shape index (κ1) is 20.1. The number of fused-ring (bicyclic) bond motifs is 1. The summed E-state index contributed by atoms with van der Waals surface area (Å²) in [6.07, 6.45) is 0. The maximum atomic E-state index is 12.8. The van der Waals surface area contributed by atoms with Crippen LogP contribution in [-0.4, -0.2) is 27.3 Å². The minimum absolute atomic E-state index is 0.0534. The van der Waals surface area contributed by atoms with Gasteiger partial charge in [-0.2, -0.15) is 5.10 Å². The molecule has 158 valence electrons. The van der Waals surface area contributed by atoms with Crippen molar-refractivity contribution < 1.29 is 19.2 Å². The lowest BCUT2D eigenvalue weighted by atomic mass is 9.83. The first-order chi connectivity index (χ1) is 14.9. The van der Waals surface area contributed by atoms with Gasteiger partial charge in [0.05, 0.1) is 34.4 Å². The molecule has 2 N–H and O–H groups in total. The van der Waals surface area contributed by atoms with Crippen LogP contribution in [0.15, 0.2) is 66.1 Å². The summed E-state index contributed by atoms with van der Waals surface area (Å²) in [7, 11) is 0. The number of esters is 1. The van der Waals surface area contributed by atoms with Crippen molar-refractivity contribution in [3.63, 3.8) is 0 Å². The van der Waals surface area contributed by atoms with Crippen molar-refractivity contribution in [1.82, 2.24) is 9.78 Å². The molecule has 3 aromatic rings. The van der Waals surface area contributed by atoms with Gasteiger partial charge in [-0.25, -0.2) is 9.48 Å². The summed E-state index contributed by atoms with van der Waals surface area (Å²) in [6.45, 7) is 3.67. The summed E-state index contributed by atoms with van der Waals surface area (Å²) in [5, 5.41) is 15.7. The zero-order valence-corrected chi connectivity index (χ0v) is 16.9. The highest BCUT2D eigenvalue weighted by Gasteiger charge is 2.39. The van der Waals surface area contributed by atoms with E-state index in [1.54, 1.807) is 23.7 Å². The lowest BCUT2D eigenvalue weighted by Gasteiger charge is -2.27. The van der Waals surface area contributed by atoms with Gasteiger partial charge in [-0.15, -0.1) is 0 Å². The molecular formula is C22H20N4O5. The fourth-order valence-corrected chi connectivity index (χ4v) is 3.69. The van der Waals surface area contributed by atoms with Gasteiger partial charge in [0.1, 0.15) is 5.57 Å². The van der Waals surface area contributed by atoms with Crippen molar-refractivity contribution in [1.29, 1.82) is 0 Å². The van der Waals surface area contributed by atoms with Crippen molar-refractivity contribution in [2.45, 2.75) is 19.8 Å². The van der Waals surface area contributed by atoms with Crippen LogP contribution in [0.2, 0.25) is 0 Å². The van der Waals surface area contributed by atoms with Crippen molar-refractivity contribution >= 4 is 11.7 Å². The number of non-ortho nitro benzene ring substituents is 1. The van der Waals surface area contributed by atoms with E-state index in [0.29, 0.717) is 22.7 Å². The largest absolute Gasteiger partial charge is 0.462 e. The molecule has 2 aromatic carbocycles. The Kier molecular flexibility index (Phi) is 5.16. The second-order valence-corrected chi connectivity index (χ2v) is 6.93. The summed E-state index contributed by atoms with van der Waals surface area (Å²) in [5.41, 5.74) is 8.96. The van der Waals surface area contributed by atoms with Crippen molar-refractivity contribution in [3.05, 3.63) is 93.0 Å². The number of para-hydroxylation sites is 1. The Balaban J connectivity index is 1.92. The van der Waals surface area contributed by atoms with E-state index in [9.17, 15) is 14.9 Å². The molecule has 0 radical (unpaired) electrons. The fraction of sp³-hybridized carbons (Fsp3) is 0.182. The minimum Gasteiger partial charge on any atom is -0.462 e. The topological polar surface area (TPSA) is 123 Å². The molecule has 0 saturated heterocycles. The van der Waals surface area contributed by atoms with E-state index in [2.05, 4.69) is 5.10 Å². The Morgan fingerprint density at radius 2 is 1.90 bits per heavy atom. The molecule has 4 rings (SSSR count). The third kappa shape index (κ3) is 3.50. The van der Waals surface area contributed by atoms with E-state index in [4.69, 9.17) is 15.2 Å².